The van der Waals surface area contributed by atoms with Crippen molar-refractivity contribution in [1.29, 1.82) is 0 Å². The molecule has 1 heterocycles. The number of rotatable bonds is 12. The highest BCUT2D eigenvalue weighted by Crippen LogP contribution is 2.31. The van der Waals surface area contributed by atoms with Crippen LogP contribution >= 0.6 is 23.4 Å². The molecule has 0 radical (unpaired) electrons. The number of carbonyl (C=O) groups excluding carboxylic acids is 1. The van der Waals surface area contributed by atoms with Crippen LogP contribution < -0.4 is 20.7 Å². The Morgan fingerprint density at radius 1 is 0.886 bits per heavy atom. The van der Waals surface area contributed by atoms with Gasteiger partial charge in [-0.25, -0.2) is 4.79 Å². The summed E-state index contributed by atoms with van der Waals surface area (Å²) in [6.45, 7) is 1.65. The maximum Gasteiger partial charge on any atom is 0.405 e. The van der Waals surface area contributed by atoms with Crippen molar-refractivity contribution in [2.24, 2.45) is 0 Å². The summed E-state index contributed by atoms with van der Waals surface area (Å²) in [7, 11) is 0. The first kappa shape index (κ1) is 31.4. The Hall–Kier alpha value is -4.02. The van der Waals surface area contributed by atoms with Crippen LogP contribution in [0.4, 0.5) is 10.5 Å². The zero-order chi connectivity index (χ0) is 30.7. The fourth-order valence-corrected chi connectivity index (χ4v) is 6.14. The van der Waals surface area contributed by atoms with Crippen LogP contribution in [0.5, 0.6) is 5.75 Å². The third-order valence-corrected chi connectivity index (χ3v) is 8.56. The van der Waals surface area contributed by atoms with E-state index in [9.17, 15) is 14.7 Å². The van der Waals surface area contributed by atoms with Crippen LogP contribution in [0.1, 0.15) is 17.0 Å². The van der Waals surface area contributed by atoms with Gasteiger partial charge in [-0.05, 0) is 47.5 Å². The summed E-state index contributed by atoms with van der Waals surface area (Å²) in [5, 5.41) is 19.2. The third kappa shape index (κ3) is 8.76. The number of para-hydroxylation sites is 2. The number of carboxylic acid groups (broad SMARTS) is 1. The smallest absolute Gasteiger partial charge is 0.405 e. The number of ether oxygens (including phenoxy) is 2. The predicted molar refractivity (Wildman–Crippen MR) is 174 cm³/mol. The van der Waals surface area contributed by atoms with Crippen molar-refractivity contribution in [3.8, 4) is 5.75 Å². The van der Waals surface area contributed by atoms with Crippen LogP contribution in [0.3, 0.4) is 0 Å². The fraction of sp³-hybridized carbons (Fsp3) is 0.235. The molecule has 1 fully saturated rings. The van der Waals surface area contributed by atoms with Crippen molar-refractivity contribution >= 4 is 41.1 Å². The molecule has 1 aliphatic heterocycles. The zero-order valence-corrected chi connectivity index (χ0v) is 25.5. The zero-order valence-electron chi connectivity index (χ0n) is 23.9. The van der Waals surface area contributed by atoms with Gasteiger partial charge in [0.1, 0.15) is 24.5 Å². The van der Waals surface area contributed by atoms with E-state index < -0.39 is 24.0 Å². The van der Waals surface area contributed by atoms with E-state index in [4.69, 9.17) is 21.1 Å². The number of benzene rings is 4. The first-order valence-electron chi connectivity index (χ1n) is 14.3. The van der Waals surface area contributed by atoms with Gasteiger partial charge in [-0.15, -0.1) is 11.8 Å². The van der Waals surface area contributed by atoms with E-state index in [0.717, 1.165) is 28.3 Å². The number of anilines is 1. The van der Waals surface area contributed by atoms with Crippen molar-refractivity contribution in [3.63, 3.8) is 0 Å². The second-order valence-corrected chi connectivity index (χ2v) is 11.9. The Balaban J connectivity index is 1.26. The molecule has 10 heteroatoms. The van der Waals surface area contributed by atoms with Gasteiger partial charge >= 0.3 is 6.09 Å². The average molecular weight is 632 g/mol. The van der Waals surface area contributed by atoms with Gasteiger partial charge < -0.3 is 30.5 Å². The molecule has 2 amide bonds. The Morgan fingerprint density at radius 2 is 1.50 bits per heavy atom. The highest BCUT2D eigenvalue weighted by atomic mass is 35.5. The highest BCUT2D eigenvalue weighted by Gasteiger charge is 2.33. The Bertz CT molecular complexity index is 1470. The SMILES string of the molecule is O=C(O)N[C@H](C(=O)Nc1ccccc1OC[C@@H]1CNC[C@@H](CSc2ccc(Cl)cc2)O1)C(c1ccccc1)c1ccccc1. The molecular formula is C34H34ClN3O5S. The minimum absolute atomic E-state index is 0.00346. The normalized spacial score (nSPS) is 17.0. The molecule has 0 saturated carbocycles. The number of hydrogen-bond acceptors (Lipinski definition) is 6. The van der Waals surface area contributed by atoms with Crippen LogP contribution in [0.25, 0.3) is 0 Å². The van der Waals surface area contributed by atoms with E-state index >= 15 is 0 Å². The van der Waals surface area contributed by atoms with Gasteiger partial charge in [0.05, 0.1) is 11.8 Å². The van der Waals surface area contributed by atoms with Gasteiger partial charge in [0.2, 0.25) is 5.91 Å². The van der Waals surface area contributed by atoms with E-state index in [2.05, 4.69) is 16.0 Å². The summed E-state index contributed by atoms with van der Waals surface area (Å²) in [6, 6.07) is 32.5. The topological polar surface area (TPSA) is 109 Å². The second-order valence-electron chi connectivity index (χ2n) is 10.3. The molecule has 0 aliphatic carbocycles. The number of carbonyl (C=O) groups is 2. The van der Waals surface area contributed by atoms with E-state index in [-0.39, 0.29) is 18.8 Å². The summed E-state index contributed by atoms with van der Waals surface area (Å²) < 4.78 is 12.4. The van der Waals surface area contributed by atoms with E-state index in [0.29, 0.717) is 23.0 Å². The van der Waals surface area contributed by atoms with Gasteiger partial charge in [-0.3, -0.25) is 4.79 Å². The Kier molecular flexibility index (Phi) is 11.2. The minimum Gasteiger partial charge on any atom is -0.489 e. The molecule has 4 aromatic carbocycles. The maximum atomic E-state index is 13.8. The highest BCUT2D eigenvalue weighted by molar-refractivity contribution is 7.99. The summed E-state index contributed by atoms with van der Waals surface area (Å²) in [5.41, 5.74) is 2.05. The molecule has 3 atom stereocenters. The number of thioether (sulfide) groups is 1. The molecule has 1 aliphatic rings. The van der Waals surface area contributed by atoms with Crippen molar-refractivity contribution in [2.45, 2.75) is 29.1 Å². The lowest BCUT2D eigenvalue weighted by Gasteiger charge is -2.31. The van der Waals surface area contributed by atoms with Crippen molar-refractivity contribution < 1.29 is 24.2 Å². The van der Waals surface area contributed by atoms with Crippen LogP contribution in [0, 0.1) is 0 Å². The molecular weight excluding hydrogens is 598 g/mol. The predicted octanol–water partition coefficient (Wildman–Crippen LogP) is 6.27. The molecule has 0 aromatic heterocycles. The quantitative estimate of drug-likeness (QED) is 0.136. The lowest BCUT2D eigenvalue weighted by molar-refractivity contribution is -0.118. The lowest BCUT2D eigenvalue weighted by atomic mass is 9.84. The molecule has 0 spiro atoms. The third-order valence-electron chi connectivity index (χ3n) is 7.16. The number of morpholine rings is 1. The molecule has 5 rings (SSSR count). The van der Waals surface area contributed by atoms with Gasteiger partial charge in [0, 0.05) is 34.7 Å². The summed E-state index contributed by atoms with van der Waals surface area (Å²) in [5.74, 6) is 0.175. The maximum absolute atomic E-state index is 13.8. The van der Waals surface area contributed by atoms with Crippen LogP contribution in [-0.4, -0.2) is 60.8 Å². The molecule has 1 saturated heterocycles. The first-order valence-corrected chi connectivity index (χ1v) is 15.7. The Labute approximate surface area is 266 Å². The van der Waals surface area contributed by atoms with Crippen LogP contribution in [-0.2, 0) is 9.53 Å². The van der Waals surface area contributed by atoms with Gasteiger partial charge in [0.25, 0.3) is 0 Å². The van der Waals surface area contributed by atoms with Gasteiger partial charge in [-0.2, -0.15) is 0 Å². The summed E-state index contributed by atoms with van der Waals surface area (Å²) in [4.78, 5) is 26.8. The number of nitrogens with one attached hydrogen (secondary N) is 3. The second kappa shape index (κ2) is 15.6. The van der Waals surface area contributed by atoms with Crippen LogP contribution in [0.15, 0.2) is 114 Å². The van der Waals surface area contributed by atoms with E-state index in [1.165, 1.54) is 0 Å². The lowest BCUT2D eigenvalue weighted by Crippen LogP contribution is -2.48. The minimum atomic E-state index is -1.29. The van der Waals surface area contributed by atoms with Crippen molar-refractivity contribution in [2.75, 3.05) is 30.8 Å². The largest absolute Gasteiger partial charge is 0.489 e. The molecule has 0 unspecified atom stereocenters. The molecule has 4 N–H and O–H groups in total. The standard InChI is InChI=1S/C34H34ClN3O5S/c35-25-15-17-28(18-16-25)44-22-27-20-36-19-26(43-27)21-42-30-14-8-7-13-29(30)37-33(39)32(38-34(40)41)31(23-9-3-1-4-10-23)24-11-5-2-6-12-24/h1-18,26-27,31-32,36,38H,19-22H2,(H,37,39)(H,40,41)/t26-,27-,32-/m0/s1. The first-order chi connectivity index (χ1) is 21.5. The van der Waals surface area contributed by atoms with E-state index in [1.807, 2.05) is 91.0 Å². The summed E-state index contributed by atoms with van der Waals surface area (Å²) in [6.07, 6.45) is -1.48. The number of amides is 2. The Morgan fingerprint density at radius 3 is 2.16 bits per heavy atom. The number of hydrogen-bond donors (Lipinski definition) is 4. The van der Waals surface area contributed by atoms with Crippen molar-refractivity contribution in [3.05, 3.63) is 125 Å². The average Bonchev–Trinajstić information content (AvgIpc) is 3.05. The van der Waals surface area contributed by atoms with Gasteiger partial charge in [-0.1, -0.05) is 84.4 Å². The van der Waals surface area contributed by atoms with E-state index in [1.54, 1.807) is 30.0 Å². The molecule has 44 heavy (non-hydrogen) atoms. The molecule has 228 valence electrons. The van der Waals surface area contributed by atoms with Gasteiger partial charge in [0.15, 0.2) is 0 Å². The summed E-state index contributed by atoms with van der Waals surface area (Å²) >= 11 is 7.70. The van der Waals surface area contributed by atoms with Crippen LogP contribution in [0.2, 0.25) is 5.02 Å². The molecule has 8 nitrogen and oxygen atoms in total. The molecule has 0 bridgehead atoms. The number of halogens is 1. The molecule has 4 aromatic rings. The fourth-order valence-electron chi connectivity index (χ4n) is 5.11. The monoisotopic (exact) mass is 631 g/mol. The van der Waals surface area contributed by atoms with Crippen molar-refractivity contribution in [1.82, 2.24) is 10.6 Å².